The maximum atomic E-state index is 13.6. The average molecular weight is 1170 g/mol. The fraction of sp³-hybridized carbons (Fsp3) is 0.500. The van der Waals surface area contributed by atoms with Gasteiger partial charge in [-0.3, -0.25) is 0 Å². The number of urea groups is 2. The van der Waals surface area contributed by atoms with E-state index < -0.39 is 20.0 Å². The summed E-state index contributed by atoms with van der Waals surface area (Å²) in [7, 11) is -3.35. The molecule has 0 fully saturated rings. The third-order valence-corrected chi connectivity index (χ3v) is 18.9. The van der Waals surface area contributed by atoms with Gasteiger partial charge in [-0.2, -0.15) is 8.61 Å². The van der Waals surface area contributed by atoms with Gasteiger partial charge in [0, 0.05) is 110 Å². The predicted octanol–water partition coefficient (Wildman–Crippen LogP) is 6.61. The van der Waals surface area contributed by atoms with E-state index in [-0.39, 0.29) is 103 Å². The number of hydrogen-bond acceptors (Lipinski definition) is 12. The van der Waals surface area contributed by atoms with Gasteiger partial charge in [0.25, 0.3) is 0 Å². The van der Waals surface area contributed by atoms with Crippen LogP contribution < -0.4 is 21.3 Å². The Hall–Kier alpha value is -3.84. The van der Waals surface area contributed by atoms with Gasteiger partial charge < -0.3 is 50.0 Å². The first-order valence-corrected chi connectivity index (χ1v) is 29.8. The van der Waals surface area contributed by atoms with Gasteiger partial charge in [-0.15, -0.1) is 0 Å². The number of fused-ring (bicyclic) bond motifs is 4. The van der Waals surface area contributed by atoms with Crippen molar-refractivity contribution in [1.82, 2.24) is 39.7 Å². The molecular weight excluding hydrogens is 1100 g/mol. The van der Waals surface area contributed by atoms with Crippen LogP contribution in [0.2, 0.25) is 20.1 Å². The maximum Gasteiger partial charge on any atom is 0.314 e. The second-order valence-corrected chi connectivity index (χ2v) is 24.8. The number of carbonyl (C=O) groups is 2. The third-order valence-electron chi connectivity index (χ3n) is 13.9. The highest BCUT2D eigenvalue weighted by atomic mass is 35.5. The lowest BCUT2D eigenvalue weighted by atomic mass is 9.82. The molecular formula is C52H66Cl4N8O10S2. The lowest BCUT2D eigenvalue weighted by molar-refractivity contribution is 0.0459. The van der Waals surface area contributed by atoms with E-state index in [1.807, 2.05) is 38.4 Å². The molecule has 0 spiro atoms. The molecule has 0 aromatic heterocycles. The second kappa shape index (κ2) is 26.9. The molecule has 4 amide bonds. The Balaban J connectivity index is 0.605. The van der Waals surface area contributed by atoms with Gasteiger partial charge in [-0.1, -0.05) is 70.7 Å². The van der Waals surface area contributed by atoms with Crippen molar-refractivity contribution in [2.24, 2.45) is 0 Å². The van der Waals surface area contributed by atoms with E-state index in [1.165, 1.54) is 8.61 Å². The smallest absolute Gasteiger partial charge is 0.314 e. The van der Waals surface area contributed by atoms with Crippen molar-refractivity contribution in [1.29, 1.82) is 0 Å². The van der Waals surface area contributed by atoms with Crippen LogP contribution in [-0.2, 0) is 65.2 Å². The van der Waals surface area contributed by atoms with Crippen molar-refractivity contribution >= 4 is 78.5 Å². The summed E-state index contributed by atoms with van der Waals surface area (Å²) in [5, 5.41) is 13.4. The topological polar surface area (TPSA) is 200 Å². The highest BCUT2D eigenvalue weighted by molar-refractivity contribution is 7.89. The molecule has 4 aliphatic rings. The monoisotopic (exact) mass is 1170 g/mol. The van der Waals surface area contributed by atoms with Crippen molar-refractivity contribution in [2.45, 2.75) is 60.6 Å². The molecule has 4 aromatic rings. The van der Waals surface area contributed by atoms with Crippen LogP contribution in [0.5, 0.6) is 0 Å². The minimum atomic E-state index is -3.70. The number of halogens is 4. The van der Waals surface area contributed by atoms with E-state index in [0.29, 0.717) is 95.1 Å². The van der Waals surface area contributed by atoms with Crippen LogP contribution >= 0.6 is 46.4 Å². The van der Waals surface area contributed by atoms with Crippen molar-refractivity contribution in [3.05, 3.63) is 125 Å². The molecule has 0 saturated heterocycles. The number of amides is 4. The molecule has 4 heterocycles. The van der Waals surface area contributed by atoms with E-state index >= 15 is 0 Å². The molecule has 76 heavy (non-hydrogen) atoms. The summed E-state index contributed by atoms with van der Waals surface area (Å²) in [6.07, 6.45) is 1.31. The molecule has 2 unspecified atom stereocenters. The number of rotatable bonds is 25. The third kappa shape index (κ3) is 14.3. The summed E-state index contributed by atoms with van der Waals surface area (Å²) >= 11 is 26.0. The summed E-state index contributed by atoms with van der Waals surface area (Å²) < 4.78 is 79.7. The Kier molecular flexibility index (Phi) is 20.6. The van der Waals surface area contributed by atoms with E-state index in [2.05, 4.69) is 31.1 Å². The Morgan fingerprint density at radius 2 is 0.882 bits per heavy atom. The lowest BCUT2D eigenvalue weighted by Gasteiger charge is -2.34. The molecule has 0 aliphatic carbocycles. The normalized spacial score (nSPS) is 18.9. The minimum absolute atomic E-state index is 0.0825. The van der Waals surface area contributed by atoms with E-state index in [9.17, 15) is 26.4 Å². The summed E-state index contributed by atoms with van der Waals surface area (Å²) in [5.41, 5.74) is 7.53. The molecule has 414 valence electrons. The van der Waals surface area contributed by atoms with E-state index in [1.54, 1.807) is 36.4 Å². The van der Waals surface area contributed by atoms with Crippen LogP contribution in [0.3, 0.4) is 0 Å². The number of likely N-dealkylation sites (N-methyl/N-ethyl adjacent to an activating group) is 2. The lowest BCUT2D eigenvalue weighted by Crippen LogP contribution is -2.39. The van der Waals surface area contributed by atoms with Crippen LogP contribution in [0.25, 0.3) is 0 Å². The number of sulfonamides is 2. The Bertz CT molecular complexity index is 2750. The molecule has 0 saturated carbocycles. The molecule has 18 nitrogen and oxygen atoms in total. The van der Waals surface area contributed by atoms with Gasteiger partial charge in [0.1, 0.15) is 0 Å². The van der Waals surface area contributed by atoms with Crippen molar-refractivity contribution in [2.75, 3.05) is 119 Å². The summed E-state index contributed by atoms with van der Waals surface area (Å²) in [6.45, 7) is 7.15. The van der Waals surface area contributed by atoms with Crippen LogP contribution in [0, 0.1) is 0 Å². The molecule has 0 radical (unpaired) electrons. The summed E-state index contributed by atoms with van der Waals surface area (Å²) in [6, 6.07) is 17.6. The Morgan fingerprint density at radius 3 is 1.29 bits per heavy atom. The minimum Gasteiger partial charge on any atom is -0.378 e. The predicted molar refractivity (Wildman–Crippen MR) is 293 cm³/mol. The van der Waals surface area contributed by atoms with Crippen molar-refractivity contribution in [3.63, 3.8) is 0 Å². The van der Waals surface area contributed by atoms with Gasteiger partial charge in [0.15, 0.2) is 0 Å². The Labute approximate surface area is 466 Å². The zero-order chi connectivity index (χ0) is 54.0. The molecule has 8 rings (SSSR count). The number of benzene rings is 4. The number of hydrogen-bond donors (Lipinski definition) is 4. The van der Waals surface area contributed by atoms with Gasteiger partial charge in [0.05, 0.1) is 62.6 Å². The Morgan fingerprint density at radius 1 is 0.500 bits per heavy atom. The van der Waals surface area contributed by atoms with E-state index in [4.69, 9.17) is 65.4 Å². The number of unbranched alkanes of at least 4 members (excludes halogenated alkanes) is 1. The maximum absolute atomic E-state index is 13.6. The van der Waals surface area contributed by atoms with Crippen LogP contribution in [0.1, 0.15) is 69.2 Å². The number of ether oxygens (including phenoxy) is 4. The van der Waals surface area contributed by atoms with Gasteiger partial charge in [-0.25, -0.2) is 26.4 Å². The van der Waals surface area contributed by atoms with Gasteiger partial charge in [0.2, 0.25) is 20.0 Å². The first-order valence-electron chi connectivity index (χ1n) is 25.4. The molecule has 24 heteroatoms. The molecule has 4 N–H and O–H groups in total. The number of carbonyl (C=O) groups excluding carboxylic acids is 2. The second-order valence-electron chi connectivity index (χ2n) is 19.3. The van der Waals surface area contributed by atoms with Gasteiger partial charge in [-0.05, 0) is 108 Å². The molecule has 4 aromatic carbocycles. The van der Waals surface area contributed by atoms with Crippen LogP contribution in [0.4, 0.5) is 9.59 Å². The van der Waals surface area contributed by atoms with Crippen LogP contribution in [-0.4, -0.2) is 167 Å². The van der Waals surface area contributed by atoms with E-state index in [0.717, 1.165) is 44.5 Å². The van der Waals surface area contributed by atoms with Gasteiger partial charge >= 0.3 is 12.1 Å². The summed E-state index contributed by atoms with van der Waals surface area (Å²) in [5.74, 6) is -0.165. The first-order chi connectivity index (χ1) is 36.5. The molecule has 0 bridgehead atoms. The molecule has 2 atom stereocenters. The SMILES string of the molecule is CN1Cc2c(Cl)cc(Cl)cc2C(c2cccc3c2CN(CCOCCOCCNC(=O)NCCCCNC(=O)NCCOCCOCCN2Cc4c(C5CN(C)Cc6c(Cl)cc(Cl)cc65)cccc4S2(=O)=O)S3(=O)=O)C1. The highest BCUT2D eigenvalue weighted by Crippen LogP contribution is 2.45. The highest BCUT2D eigenvalue weighted by Gasteiger charge is 2.40. The zero-order valence-corrected chi connectivity index (χ0v) is 47.3. The van der Waals surface area contributed by atoms with Crippen molar-refractivity contribution < 1.29 is 45.4 Å². The molecule has 4 aliphatic heterocycles. The summed E-state index contributed by atoms with van der Waals surface area (Å²) in [4.78, 5) is 29.4. The largest absolute Gasteiger partial charge is 0.378 e. The number of nitrogens with zero attached hydrogens (tertiary/aromatic N) is 4. The quantitative estimate of drug-likeness (QED) is 0.0519. The first kappa shape index (κ1) is 58.3. The zero-order valence-electron chi connectivity index (χ0n) is 42.7. The fourth-order valence-electron chi connectivity index (χ4n) is 10.3. The number of nitrogens with one attached hydrogen (secondary N) is 4. The fourth-order valence-corrected chi connectivity index (χ4v) is 14.7. The standard InChI is InChI=1S/C52H66Cl4N8O10S2/c1-61-29-41(39-25-35(53)27-47(55)43(39)31-61)37-7-5-9-49-45(37)33-63(75(49,67)68)15-19-73-23-21-71-17-13-59-51(65)57-11-3-4-12-58-52(66)60-14-18-72-22-24-74-20-16-64-34-46-38(8-6-10-50(46)76(64,69)70)42-30-62(2)32-44-40(42)26-36(54)28-48(44)56/h5-10,25-28,41-42H,3-4,11-24,29-34H2,1-2H3,(H2,57,59,65)(H2,58,60,66). The average Bonchev–Trinajstić information content (AvgIpc) is 3.83. The van der Waals surface area contributed by atoms with Crippen LogP contribution in [0.15, 0.2) is 70.5 Å². The van der Waals surface area contributed by atoms with Crippen molar-refractivity contribution in [3.8, 4) is 0 Å².